The van der Waals surface area contributed by atoms with Crippen LogP contribution < -0.4 is 0 Å². The predicted octanol–water partition coefficient (Wildman–Crippen LogP) is 2.10. The largest absolute Gasteiger partial charge is 0.157 e. The fourth-order valence-corrected chi connectivity index (χ4v) is 1.03. The minimum atomic E-state index is 0.860. The summed E-state index contributed by atoms with van der Waals surface area (Å²) < 4.78 is 0. The molecule has 0 aliphatic rings. The Bertz CT molecular complexity index is 43.3. The first kappa shape index (κ1) is 7.44. The molecule has 0 aliphatic carbocycles. The van der Waals surface area contributed by atoms with Gasteiger partial charge < -0.3 is 0 Å². The summed E-state index contributed by atoms with van der Waals surface area (Å²) in [5.74, 6) is 2.98. The molecule has 0 saturated heterocycles. The van der Waals surface area contributed by atoms with E-state index in [0.29, 0.717) is 0 Å². The van der Waals surface area contributed by atoms with E-state index in [-0.39, 0.29) is 0 Å². The van der Waals surface area contributed by atoms with E-state index >= 15 is 0 Å². The molecule has 0 aliphatic heterocycles. The number of hydrogen-bond donors (Lipinski definition) is 0. The lowest BCUT2D eigenvalue weighted by molar-refractivity contribution is 1.56. The van der Waals surface area contributed by atoms with Crippen molar-refractivity contribution >= 4 is 24.4 Å². The number of hydrogen-bond acceptors (Lipinski definition) is 1. The van der Waals surface area contributed by atoms with Gasteiger partial charge in [0, 0.05) is 17.3 Å². The molecule has 0 bridgehead atoms. The van der Waals surface area contributed by atoms with Gasteiger partial charge in [-0.15, -0.1) is 6.58 Å². The molecule has 0 fully saturated rings. The Morgan fingerprint density at radius 2 is 2.43 bits per heavy atom. The maximum absolute atomic E-state index is 4.71. The molecule has 0 aromatic rings. The van der Waals surface area contributed by atoms with E-state index in [9.17, 15) is 0 Å². The molecular weight excluding hydrogens is 124 g/mol. The molecule has 0 rings (SSSR count). The van der Waals surface area contributed by atoms with Crippen molar-refractivity contribution in [2.75, 3.05) is 17.3 Å². The molecule has 7 heavy (non-hydrogen) atoms. The van der Waals surface area contributed by atoms with Crippen LogP contribution in [-0.4, -0.2) is 17.3 Å². The maximum atomic E-state index is 4.71. The van der Waals surface area contributed by atoms with Gasteiger partial charge in [0.2, 0.25) is 0 Å². The molecular formula is C5H9S2. The number of thioether (sulfide) groups is 1. The quantitative estimate of drug-likeness (QED) is 0.418. The first-order chi connectivity index (χ1) is 3.41. The summed E-state index contributed by atoms with van der Waals surface area (Å²) in [6, 6.07) is 0. The Morgan fingerprint density at radius 3 is 2.86 bits per heavy atom. The van der Waals surface area contributed by atoms with Crippen molar-refractivity contribution < 1.29 is 0 Å². The summed E-state index contributed by atoms with van der Waals surface area (Å²) in [5.41, 5.74) is 0. The number of rotatable bonds is 4. The molecule has 0 atom stereocenters. The van der Waals surface area contributed by atoms with Gasteiger partial charge in [-0.25, -0.2) is 0 Å². The second-order valence-electron chi connectivity index (χ2n) is 1.07. The van der Waals surface area contributed by atoms with Crippen LogP contribution in [0.4, 0.5) is 0 Å². The molecule has 0 amide bonds. The van der Waals surface area contributed by atoms with Crippen molar-refractivity contribution in [2.24, 2.45) is 0 Å². The molecule has 0 saturated carbocycles. The van der Waals surface area contributed by atoms with E-state index < -0.39 is 0 Å². The monoisotopic (exact) mass is 133 g/mol. The fourth-order valence-electron chi connectivity index (χ4n) is 0.226. The van der Waals surface area contributed by atoms with E-state index in [1.54, 1.807) is 0 Å². The van der Waals surface area contributed by atoms with Crippen molar-refractivity contribution in [2.45, 2.75) is 0 Å². The first-order valence-electron chi connectivity index (χ1n) is 2.18. The highest BCUT2D eigenvalue weighted by atomic mass is 32.2. The molecule has 1 radical (unpaired) electrons. The lowest BCUT2D eigenvalue weighted by Gasteiger charge is -1.87. The van der Waals surface area contributed by atoms with Crippen LogP contribution in [0.5, 0.6) is 0 Å². The highest BCUT2D eigenvalue weighted by Gasteiger charge is 1.78. The van der Waals surface area contributed by atoms with E-state index in [1.807, 2.05) is 17.8 Å². The van der Waals surface area contributed by atoms with E-state index in [0.717, 1.165) is 17.3 Å². The zero-order valence-electron chi connectivity index (χ0n) is 4.22. The summed E-state index contributed by atoms with van der Waals surface area (Å²) in [7, 11) is 0. The highest BCUT2D eigenvalue weighted by Crippen LogP contribution is 1.98. The van der Waals surface area contributed by atoms with Gasteiger partial charge in [-0.05, 0) is 0 Å². The van der Waals surface area contributed by atoms with Crippen LogP contribution >= 0.6 is 24.4 Å². The molecule has 2 heteroatoms. The zero-order valence-corrected chi connectivity index (χ0v) is 5.86. The normalized spacial score (nSPS) is 8.71. The molecule has 0 heterocycles. The van der Waals surface area contributed by atoms with Gasteiger partial charge in [-0.2, -0.15) is 11.8 Å². The van der Waals surface area contributed by atoms with Crippen LogP contribution in [0.3, 0.4) is 0 Å². The minimum Gasteiger partial charge on any atom is -0.157 e. The van der Waals surface area contributed by atoms with Crippen LogP contribution in [0.2, 0.25) is 0 Å². The molecule has 0 spiro atoms. The summed E-state index contributed by atoms with van der Waals surface area (Å²) in [6.45, 7) is 3.58. The van der Waals surface area contributed by atoms with Gasteiger partial charge in [-0.3, -0.25) is 0 Å². The second-order valence-corrected chi connectivity index (χ2v) is 2.63. The lowest BCUT2D eigenvalue weighted by atomic mass is 10.8. The highest BCUT2D eigenvalue weighted by molar-refractivity contribution is 8.00. The van der Waals surface area contributed by atoms with Crippen molar-refractivity contribution in [1.82, 2.24) is 0 Å². The van der Waals surface area contributed by atoms with Gasteiger partial charge >= 0.3 is 0 Å². The Hall–Kier alpha value is 0.440. The minimum absolute atomic E-state index is 0.860. The Kier molecular flexibility index (Phi) is 6.84. The Morgan fingerprint density at radius 1 is 1.71 bits per heavy atom. The van der Waals surface area contributed by atoms with Crippen molar-refractivity contribution in [3.63, 3.8) is 0 Å². The van der Waals surface area contributed by atoms with Crippen molar-refractivity contribution in [3.05, 3.63) is 12.7 Å². The zero-order chi connectivity index (χ0) is 5.54. The SMILES string of the molecule is C=CCSCC[S]. The Labute approximate surface area is 54.8 Å². The summed E-state index contributed by atoms with van der Waals surface area (Å²) >= 11 is 6.54. The van der Waals surface area contributed by atoms with Gasteiger partial charge in [0.15, 0.2) is 0 Å². The van der Waals surface area contributed by atoms with E-state index in [4.69, 9.17) is 12.6 Å². The third-order valence-electron chi connectivity index (χ3n) is 0.463. The maximum Gasteiger partial charge on any atom is 0.0128 e. The van der Waals surface area contributed by atoms with Gasteiger partial charge in [0.1, 0.15) is 0 Å². The topological polar surface area (TPSA) is 0 Å². The van der Waals surface area contributed by atoms with E-state index in [1.165, 1.54) is 0 Å². The fraction of sp³-hybridized carbons (Fsp3) is 0.600. The van der Waals surface area contributed by atoms with Gasteiger partial charge in [-0.1, -0.05) is 18.7 Å². The average Bonchev–Trinajstić information content (AvgIpc) is 1.69. The van der Waals surface area contributed by atoms with E-state index in [2.05, 4.69) is 6.58 Å². The smallest absolute Gasteiger partial charge is 0.0128 e. The first-order valence-corrected chi connectivity index (χ1v) is 3.91. The molecule has 0 aromatic carbocycles. The molecule has 0 unspecified atom stereocenters. The summed E-state index contributed by atoms with van der Waals surface area (Å²) in [6.07, 6.45) is 1.90. The molecule has 41 valence electrons. The van der Waals surface area contributed by atoms with Gasteiger partial charge in [0.25, 0.3) is 0 Å². The summed E-state index contributed by atoms with van der Waals surface area (Å²) in [5, 5.41) is 0. The van der Waals surface area contributed by atoms with Crippen molar-refractivity contribution in [3.8, 4) is 0 Å². The van der Waals surface area contributed by atoms with Crippen LogP contribution in [0, 0.1) is 0 Å². The molecule has 0 nitrogen and oxygen atoms in total. The molecule has 0 aromatic heterocycles. The van der Waals surface area contributed by atoms with Gasteiger partial charge in [0.05, 0.1) is 0 Å². The third kappa shape index (κ3) is 6.44. The molecule has 0 N–H and O–H groups in total. The lowest BCUT2D eigenvalue weighted by Crippen LogP contribution is -1.78. The van der Waals surface area contributed by atoms with Crippen LogP contribution in [-0.2, 0) is 0 Å². The van der Waals surface area contributed by atoms with Crippen LogP contribution in [0.15, 0.2) is 12.7 Å². The van der Waals surface area contributed by atoms with Crippen LogP contribution in [0.25, 0.3) is 0 Å². The summed E-state index contributed by atoms with van der Waals surface area (Å²) in [4.78, 5) is 0. The second kappa shape index (κ2) is 6.44. The Balaban J connectivity index is 2.56. The van der Waals surface area contributed by atoms with Crippen LogP contribution in [0.1, 0.15) is 0 Å². The predicted molar refractivity (Wildman–Crippen MR) is 40.0 cm³/mol. The standard InChI is InChI=1S/C5H9S2/c1-2-4-7-5-3-6/h2H,1,3-5H2. The average molecular weight is 133 g/mol. The third-order valence-corrected chi connectivity index (χ3v) is 1.89. The van der Waals surface area contributed by atoms with Crippen molar-refractivity contribution in [1.29, 1.82) is 0 Å².